The summed E-state index contributed by atoms with van der Waals surface area (Å²) in [5.74, 6) is -0.626. The Labute approximate surface area is 123 Å². The average Bonchev–Trinajstić information content (AvgIpc) is 2.38. The molecule has 0 amide bonds. The highest BCUT2D eigenvalue weighted by Gasteiger charge is 2.14. The number of hydrogen-bond donors (Lipinski definition) is 1. The second kappa shape index (κ2) is 6.00. The monoisotopic (exact) mass is 338 g/mol. The SMILES string of the molecule is Cc1ccc(CNc2ccc(F)cc2[N+](=O)[O-])c(Br)c1. The quantitative estimate of drug-likeness (QED) is 0.663. The first kappa shape index (κ1) is 14.5. The van der Waals surface area contributed by atoms with E-state index in [9.17, 15) is 14.5 Å². The Morgan fingerprint density at radius 2 is 2.05 bits per heavy atom. The molecule has 2 aromatic rings. The van der Waals surface area contributed by atoms with Gasteiger partial charge < -0.3 is 5.32 Å². The minimum absolute atomic E-state index is 0.270. The highest BCUT2D eigenvalue weighted by Crippen LogP contribution is 2.26. The lowest BCUT2D eigenvalue weighted by molar-refractivity contribution is -0.384. The highest BCUT2D eigenvalue weighted by atomic mass is 79.9. The van der Waals surface area contributed by atoms with Crippen LogP contribution in [-0.4, -0.2) is 4.92 Å². The van der Waals surface area contributed by atoms with Crippen molar-refractivity contribution in [1.82, 2.24) is 0 Å². The first-order chi connectivity index (χ1) is 9.47. The third kappa shape index (κ3) is 3.33. The average molecular weight is 339 g/mol. The number of nitro benzene ring substituents is 1. The van der Waals surface area contributed by atoms with Gasteiger partial charge in [-0.3, -0.25) is 10.1 Å². The van der Waals surface area contributed by atoms with Crippen molar-refractivity contribution in [2.75, 3.05) is 5.32 Å². The smallest absolute Gasteiger partial charge is 0.295 e. The van der Waals surface area contributed by atoms with Crippen molar-refractivity contribution in [3.8, 4) is 0 Å². The van der Waals surface area contributed by atoms with E-state index >= 15 is 0 Å². The third-order valence-corrected chi connectivity index (χ3v) is 3.57. The van der Waals surface area contributed by atoms with Gasteiger partial charge >= 0.3 is 0 Å². The number of nitro groups is 1. The zero-order valence-electron chi connectivity index (χ0n) is 10.7. The normalized spacial score (nSPS) is 10.3. The van der Waals surface area contributed by atoms with Gasteiger partial charge in [0.05, 0.1) is 11.0 Å². The summed E-state index contributed by atoms with van der Waals surface area (Å²) < 4.78 is 14.0. The summed E-state index contributed by atoms with van der Waals surface area (Å²) in [5.41, 5.74) is 2.11. The number of benzene rings is 2. The van der Waals surface area contributed by atoms with Crippen LogP contribution in [0.3, 0.4) is 0 Å². The molecule has 0 saturated carbocycles. The maximum atomic E-state index is 13.0. The van der Waals surface area contributed by atoms with E-state index in [0.29, 0.717) is 12.2 Å². The molecule has 0 unspecified atom stereocenters. The molecule has 0 radical (unpaired) electrons. The Balaban J connectivity index is 2.20. The lowest BCUT2D eigenvalue weighted by atomic mass is 10.1. The summed E-state index contributed by atoms with van der Waals surface area (Å²) in [6, 6.07) is 9.33. The van der Waals surface area contributed by atoms with E-state index in [1.807, 2.05) is 25.1 Å². The van der Waals surface area contributed by atoms with Crippen molar-refractivity contribution in [3.63, 3.8) is 0 Å². The number of hydrogen-bond acceptors (Lipinski definition) is 3. The molecule has 6 heteroatoms. The Bertz CT molecular complexity index is 662. The number of nitrogens with zero attached hydrogens (tertiary/aromatic N) is 1. The van der Waals surface area contributed by atoms with Gasteiger partial charge in [0.25, 0.3) is 5.69 Å². The van der Waals surface area contributed by atoms with E-state index in [0.717, 1.165) is 21.7 Å². The molecule has 0 fully saturated rings. The zero-order chi connectivity index (χ0) is 14.7. The van der Waals surface area contributed by atoms with Crippen LogP contribution in [0.2, 0.25) is 0 Å². The number of halogens is 2. The maximum absolute atomic E-state index is 13.0. The summed E-state index contributed by atoms with van der Waals surface area (Å²) in [6.45, 7) is 2.39. The predicted octanol–water partition coefficient (Wildman–Crippen LogP) is 4.42. The lowest BCUT2D eigenvalue weighted by Crippen LogP contribution is -2.03. The first-order valence-corrected chi connectivity index (χ1v) is 6.69. The van der Waals surface area contributed by atoms with Gasteiger partial charge in [-0.15, -0.1) is 0 Å². The van der Waals surface area contributed by atoms with Crippen LogP contribution in [0.4, 0.5) is 15.8 Å². The van der Waals surface area contributed by atoms with E-state index < -0.39 is 10.7 Å². The molecule has 0 aliphatic rings. The van der Waals surface area contributed by atoms with Crippen LogP contribution in [0.1, 0.15) is 11.1 Å². The Morgan fingerprint density at radius 1 is 1.30 bits per heavy atom. The van der Waals surface area contributed by atoms with Gasteiger partial charge in [-0.05, 0) is 36.2 Å². The Hall–Kier alpha value is -1.95. The highest BCUT2D eigenvalue weighted by molar-refractivity contribution is 9.10. The van der Waals surface area contributed by atoms with Crippen LogP contribution in [0.5, 0.6) is 0 Å². The number of rotatable bonds is 4. The van der Waals surface area contributed by atoms with E-state index in [2.05, 4.69) is 21.2 Å². The van der Waals surface area contributed by atoms with Gasteiger partial charge in [0.15, 0.2) is 0 Å². The molecule has 20 heavy (non-hydrogen) atoms. The fourth-order valence-corrected chi connectivity index (χ4v) is 2.42. The van der Waals surface area contributed by atoms with Gasteiger partial charge in [-0.1, -0.05) is 28.1 Å². The predicted molar refractivity (Wildman–Crippen MR) is 79.3 cm³/mol. The zero-order valence-corrected chi connectivity index (χ0v) is 12.3. The van der Waals surface area contributed by atoms with Gasteiger partial charge in [-0.2, -0.15) is 0 Å². The van der Waals surface area contributed by atoms with Crippen molar-refractivity contribution < 1.29 is 9.31 Å². The summed E-state index contributed by atoms with van der Waals surface area (Å²) >= 11 is 3.45. The molecule has 0 bridgehead atoms. The van der Waals surface area contributed by atoms with Gasteiger partial charge in [0, 0.05) is 11.0 Å². The number of anilines is 1. The number of nitrogens with one attached hydrogen (secondary N) is 1. The molecular weight excluding hydrogens is 327 g/mol. The minimum Gasteiger partial charge on any atom is -0.375 e. The Kier molecular flexibility index (Phi) is 4.34. The van der Waals surface area contributed by atoms with Crippen LogP contribution < -0.4 is 5.32 Å². The summed E-state index contributed by atoms with van der Waals surface area (Å²) in [4.78, 5) is 10.3. The van der Waals surface area contributed by atoms with E-state index in [4.69, 9.17) is 0 Å². The third-order valence-electron chi connectivity index (χ3n) is 2.83. The fraction of sp³-hybridized carbons (Fsp3) is 0.143. The lowest BCUT2D eigenvalue weighted by Gasteiger charge is -2.09. The van der Waals surface area contributed by atoms with Gasteiger partial charge in [0.1, 0.15) is 11.5 Å². The van der Waals surface area contributed by atoms with Crippen molar-refractivity contribution in [2.24, 2.45) is 0 Å². The van der Waals surface area contributed by atoms with Crippen molar-refractivity contribution in [1.29, 1.82) is 0 Å². The van der Waals surface area contributed by atoms with E-state index in [1.54, 1.807) is 0 Å². The minimum atomic E-state index is -0.626. The standard InChI is InChI=1S/C14H12BrFN2O2/c1-9-2-3-10(12(15)6-9)8-17-13-5-4-11(16)7-14(13)18(19)20/h2-7,17H,8H2,1H3. The molecule has 2 rings (SSSR count). The van der Waals surface area contributed by atoms with Gasteiger partial charge in [-0.25, -0.2) is 4.39 Å². The molecule has 0 heterocycles. The molecule has 104 valence electrons. The first-order valence-electron chi connectivity index (χ1n) is 5.90. The molecule has 0 aliphatic carbocycles. The molecule has 0 aromatic heterocycles. The van der Waals surface area contributed by atoms with Crippen LogP contribution in [0, 0.1) is 22.9 Å². The largest absolute Gasteiger partial charge is 0.375 e. The van der Waals surface area contributed by atoms with E-state index in [-0.39, 0.29) is 5.69 Å². The molecule has 0 spiro atoms. The van der Waals surface area contributed by atoms with Crippen molar-refractivity contribution >= 4 is 27.3 Å². The molecular formula is C14H12BrFN2O2. The molecule has 0 aliphatic heterocycles. The van der Waals surface area contributed by atoms with E-state index in [1.165, 1.54) is 12.1 Å². The fourth-order valence-electron chi connectivity index (χ4n) is 1.79. The van der Waals surface area contributed by atoms with Gasteiger partial charge in [0.2, 0.25) is 0 Å². The molecule has 0 saturated heterocycles. The van der Waals surface area contributed by atoms with Crippen LogP contribution in [-0.2, 0) is 6.54 Å². The summed E-state index contributed by atoms with van der Waals surface area (Å²) in [6.07, 6.45) is 0. The topological polar surface area (TPSA) is 55.2 Å². The molecule has 1 N–H and O–H groups in total. The second-order valence-corrected chi connectivity index (χ2v) is 5.22. The second-order valence-electron chi connectivity index (χ2n) is 4.37. The van der Waals surface area contributed by atoms with Crippen LogP contribution >= 0.6 is 15.9 Å². The molecule has 0 atom stereocenters. The Morgan fingerprint density at radius 3 is 2.70 bits per heavy atom. The van der Waals surface area contributed by atoms with Crippen molar-refractivity contribution in [2.45, 2.75) is 13.5 Å². The van der Waals surface area contributed by atoms with Crippen molar-refractivity contribution in [3.05, 3.63) is 67.9 Å². The van der Waals surface area contributed by atoms with Crippen LogP contribution in [0.15, 0.2) is 40.9 Å². The molecule has 4 nitrogen and oxygen atoms in total. The summed E-state index contributed by atoms with van der Waals surface area (Å²) in [5, 5.41) is 13.8. The molecule has 2 aromatic carbocycles. The number of aryl methyl sites for hydroxylation is 1. The maximum Gasteiger partial charge on any atom is 0.295 e. The summed E-state index contributed by atoms with van der Waals surface area (Å²) in [7, 11) is 0. The van der Waals surface area contributed by atoms with Crippen LogP contribution in [0.25, 0.3) is 0 Å².